The molecule has 0 radical (unpaired) electrons. The number of nitrogens with one attached hydrogen (secondary N) is 1. The SMILES string of the molecule is CCC(CO)NC1CCOC(CC)C1. The lowest BCUT2D eigenvalue weighted by atomic mass is 10.0. The molecule has 0 bridgehead atoms. The fourth-order valence-corrected chi connectivity index (χ4v) is 1.95. The predicted octanol–water partition coefficient (Wildman–Crippen LogP) is 1.30. The van der Waals surface area contributed by atoms with E-state index in [1.165, 1.54) is 0 Å². The first-order chi connectivity index (χ1) is 6.80. The molecule has 3 nitrogen and oxygen atoms in total. The summed E-state index contributed by atoms with van der Waals surface area (Å²) in [5.74, 6) is 0. The fraction of sp³-hybridized carbons (Fsp3) is 1.00. The molecule has 0 aromatic rings. The van der Waals surface area contributed by atoms with Gasteiger partial charge in [-0.1, -0.05) is 13.8 Å². The van der Waals surface area contributed by atoms with Crippen LogP contribution in [0.3, 0.4) is 0 Å². The molecule has 3 atom stereocenters. The highest BCUT2D eigenvalue weighted by Crippen LogP contribution is 2.16. The van der Waals surface area contributed by atoms with Gasteiger partial charge in [0.1, 0.15) is 0 Å². The highest BCUT2D eigenvalue weighted by molar-refractivity contribution is 4.79. The van der Waals surface area contributed by atoms with Crippen molar-refractivity contribution in [3.8, 4) is 0 Å². The molecule has 1 rings (SSSR count). The van der Waals surface area contributed by atoms with Crippen LogP contribution in [-0.2, 0) is 4.74 Å². The lowest BCUT2D eigenvalue weighted by molar-refractivity contribution is -0.00335. The average molecular weight is 201 g/mol. The largest absolute Gasteiger partial charge is 0.395 e. The van der Waals surface area contributed by atoms with Crippen molar-refractivity contribution in [3.63, 3.8) is 0 Å². The molecule has 1 saturated heterocycles. The summed E-state index contributed by atoms with van der Waals surface area (Å²) in [6.45, 7) is 5.36. The molecule has 0 aromatic carbocycles. The minimum atomic E-state index is 0.241. The van der Waals surface area contributed by atoms with Gasteiger partial charge >= 0.3 is 0 Å². The van der Waals surface area contributed by atoms with E-state index in [2.05, 4.69) is 19.2 Å². The summed E-state index contributed by atoms with van der Waals surface area (Å²) in [6, 6.07) is 0.793. The topological polar surface area (TPSA) is 41.5 Å². The van der Waals surface area contributed by atoms with Gasteiger partial charge in [-0.05, 0) is 25.7 Å². The van der Waals surface area contributed by atoms with Crippen molar-refractivity contribution in [3.05, 3.63) is 0 Å². The summed E-state index contributed by atoms with van der Waals surface area (Å²) < 4.78 is 5.60. The van der Waals surface area contributed by atoms with Crippen LogP contribution < -0.4 is 5.32 Å². The second-order valence-electron chi connectivity index (χ2n) is 4.08. The zero-order valence-corrected chi connectivity index (χ0v) is 9.33. The molecule has 0 spiro atoms. The second kappa shape index (κ2) is 6.38. The smallest absolute Gasteiger partial charge is 0.0587 e. The molecule has 84 valence electrons. The van der Waals surface area contributed by atoms with Crippen molar-refractivity contribution in [2.24, 2.45) is 0 Å². The summed E-state index contributed by atoms with van der Waals surface area (Å²) >= 11 is 0. The molecule has 0 amide bonds. The molecule has 14 heavy (non-hydrogen) atoms. The van der Waals surface area contributed by atoms with Gasteiger partial charge in [0.25, 0.3) is 0 Å². The third-order valence-corrected chi connectivity index (χ3v) is 3.01. The first kappa shape index (κ1) is 12.0. The molecule has 1 fully saturated rings. The molecule has 1 aliphatic rings. The number of hydrogen-bond donors (Lipinski definition) is 2. The van der Waals surface area contributed by atoms with Crippen molar-refractivity contribution >= 4 is 0 Å². The van der Waals surface area contributed by atoms with E-state index in [0.29, 0.717) is 12.1 Å². The van der Waals surface area contributed by atoms with Crippen LogP contribution >= 0.6 is 0 Å². The van der Waals surface area contributed by atoms with Crippen molar-refractivity contribution < 1.29 is 9.84 Å². The molecule has 2 N–H and O–H groups in total. The van der Waals surface area contributed by atoms with Gasteiger partial charge in [-0.3, -0.25) is 0 Å². The van der Waals surface area contributed by atoms with Crippen LogP contribution in [0, 0.1) is 0 Å². The van der Waals surface area contributed by atoms with Crippen molar-refractivity contribution in [2.75, 3.05) is 13.2 Å². The first-order valence-electron chi connectivity index (χ1n) is 5.78. The summed E-state index contributed by atoms with van der Waals surface area (Å²) in [6.07, 6.45) is 4.66. The number of aliphatic hydroxyl groups is 1. The Kier molecular flexibility index (Phi) is 5.45. The Hall–Kier alpha value is -0.120. The van der Waals surface area contributed by atoms with Gasteiger partial charge in [-0.15, -0.1) is 0 Å². The molecule has 1 heterocycles. The summed E-state index contributed by atoms with van der Waals surface area (Å²) in [7, 11) is 0. The molecular formula is C11H23NO2. The van der Waals surface area contributed by atoms with Gasteiger partial charge in [-0.25, -0.2) is 0 Å². The maximum Gasteiger partial charge on any atom is 0.0587 e. The lowest BCUT2D eigenvalue weighted by Crippen LogP contribution is -2.45. The third-order valence-electron chi connectivity index (χ3n) is 3.01. The van der Waals surface area contributed by atoms with E-state index in [0.717, 1.165) is 32.3 Å². The highest BCUT2D eigenvalue weighted by atomic mass is 16.5. The van der Waals surface area contributed by atoms with Gasteiger partial charge in [-0.2, -0.15) is 0 Å². The van der Waals surface area contributed by atoms with E-state index >= 15 is 0 Å². The Morgan fingerprint density at radius 3 is 2.86 bits per heavy atom. The molecule has 0 saturated carbocycles. The molecule has 3 heteroatoms. The number of aliphatic hydroxyl groups excluding tert-OH is 1. The zero-order valence-electron chi connectivity index (χ0n) is 9.33. The van der Waals surface area contributed by atoms with Crippen LogP contribution in [0.2, 0.25) is 0 Å². The second-order valence-corrected chi connectivity index (χ2v) is 4.08. The summed E-state index contributed by atoms with van der Waals surface area (Å²) in [5, 5.41) is 12.6. The first-order valence-corrected chi connectivity index (χ1v) is 5.78. The van der Waals surface area contributed by atoms with Crippen molar-refractivity contribution in [1.29, 1.82) is 0 Å². The molecule has 0 aliphatic carbocycles. The van der Waals surface area contributed by atoms with Gasteiger partial charge < -0.3 is 15.2 Å². The Morgan fingerprint density at radius 1 is 1.50 bits per heavy atom. The van der Waals surface area contributed by atoms with Gasteiger partial charge in [0.15, 0.2) is 0 Å². The average Bonchev–Trinajstić information content (AvgIpc) is 2.26. The predicted molar refractivity (Wildman–Crippen MR) is 57.4 cm³/mol. The molecule has 0 aromatic heterocycles. The van der Waals surface area contributed by atoms with Gasteiger partial charge in [0.2, 0.25) is 0 Å². The Labute approximate surface area is 86.8 Å². The maximum atomic E-state index is 9.09. The summed E-state index contributed by atoms with van der Waals surface area (Å²) in [4.78, 5) is 0. The van der Waals surface area contributed by atoms with Crippen LogP contribution in [0.5, 0.6) is 0 Å². The molecular weight excluding hydrogens is 178 g/mol. The molecule has 3 unspecified atom stereocenters. The van der Waals surface area contributed by atoms with Crippen molar-refractivity contribution in [1.82, 2.24) is 5.32 Å². The van der Waals surface area contributed by atoms with E-state index in [9.17, 15) is 0 Å². The van der Waals surface area contributed by atoms with E-state index in [1.54, 1.807) is 0 Å². The third kappa shape index (κ3) is 3.56. The number of hydrogen-bond acceptors (Lipinski definition) is 3. The Balaban J connectivity index is 2.29. The lowest BCUT2D eigenvalue weighted by Gasteiger charge is -2.32. The van der Waals surface area contributed by atoms with Gasteiger partial charge in [0, 0.05) is 18.7 Å². The van der Waals surface area contributed by atoms with Crippen LogP contribution in [0.4, 0.5) is 0 Å². The quantitative estimate of drug-likeness (QED) is 0.704. The van der Waals surface area contributed by atoms with Crippen LogP contribution in [0.1, 0.15) is 39.5 Å². The monoisotopic (exact) mass is 201 g/mol. The zero-order chi connectivity index (χ0) is 10.4. The number of ether oxygens (including phenoxy) is 1. The Morgan fingerprint density at radius 2 is 2.29 bits per heavy atom. The van der Waals surface area contributed by atoms with Crippen LogP contribution in [0.25, 0.3) is 0 Å². The minimum absolute atomic E-state index is 0.241. The normalized spacial score (nSPS) is 30.2. The van der Waals surface area contributed by atoms with Crippen LogP contribution in [-0.4, -0.2) is 36.5 Å². The maximum absolute atomic E-state index is 9.09. The van der Waals surface area contributed by atoms with E-state index in [4.69, 9.17) is 9.84 Å². The number of rotatable bonds is 5. The van der Waals surface area contributed by atoms with Crippen molar-refractivity contribution in [2.45, 2.75) is 57.7 Å². The van der Waals surface area contributed by atoms with Crippen LogP contribution in [0.15, 0.2) is 0 Å². The minimum Gasteiger partial charge on any atom is -0.395 e. The van der Waals surface area contributed by atoms with Gasteiger partial charge in [0.05, 0.1) is 12.7 Å². The molecule has 1 aliphatic heterocycles. The Bertz CT molecular complexity index is 148. The standard InChI is InChI=1S/C11H23NO2/c1-3-9(8-13)12-10-5-6-14-11(4-2)7-10/h9-13H,3-8H2,1-2H3. The van der Waals surface area contributed by atoms with E-state index < -0.39 is 0 Å². The summed E-state index contributed by atoms with van der Waals surface area (Å²) in [5.41, 5.74) is 0. The van der Waals surface area contributed by atoms with E-state index in [-0.39, 0.29) is 12.6 Å². The van der Waals surface area contributed by atoms with E-state index in [1.807, 2.05) is 0 Å². The highest BCUT2D eigenvalue weighted by Gasteiger charge is 2.22. The fourth-order valence-electron chi connectivity index (χ4n) is 1.95.